The third kappa shape index (κ3) is 4.97. The van der Waals surface area contributed by atoms with Crippen LogP contribution in [0.2, 0.25) is 0 Å². The van der Waals surface area contributed by atoms with Crippen LogP contribution in [0, 0.1) is 0 Å². The number of rotatable bonds is 5. The van der Waals surface area contributed by atoms with Crippen LogP contribution in [-0.4, -0.2) is 24.3 Å². The number of nitrogens with zero attached hydrogens (tertiary/aromatic N) is 1. The number of halogens is 3. The van der Waals surface area contributed by atoms with Crippen LogP contribution in [0.25, 0.3) is 0 Å². The van der Waals surface area contributed by atoms with Crippen molar-refractivity contribution in [2.24, 2.45) is 0 Å². The van der Waals surface area contributed by atoms with E-state index in [1.54, 1.807) is 0 Å². The van der Waals surface area contributed by atoms with Crippen LogP contribution >= 0.6 is 0 Å². The molecule has 0 aliphatic carbocycles. The van der Waals surface area contributed by atoms with E-state index in [-0.39, 0.29) is 5.75 Å². The number of aromatic nitrogens is 1. The van der Waals surface area contributed by atoms with Gasteiger partial charge in [0.15, 0.2) is 6.61 Å². The van der Waals surface area contributed by atoms with Crippen molar-refractivity contribution in [2.45, 2.75) is 19.6 Å². The molecule has 0 aliphatic heterocycles. The topological polar surface area (TPSA) is 34.1 Å². The van der Waals surface area contributed by atoms with Gasteiger partial charge in [-0.2, -0.15) is 13.2 Å². The summed E-state index contributed by atoms with van der Waals surface area (Å²) in [5, 5.41) is 3.02. The molecule has 0 aliphatic rings. The molecule has 0 aromatic carbocycles. The Balaban J connectivity index is 2.53. The normalized spacial score (nSPS) is 11.5. The quantitative estimate of drug-likeness (QED) is 0.847. The molecule has 3 nitrogen and oxygen atoms in total. The van der Waals surface area contributed by atoms with E-state index in [1.165, 1.54) is 18.3 Å². The Kier molecular flexibility index (Phi) is 4.54. The van der Waals surface area contributed by atoms with E-state index < -0.39 is 12.8 Å². The summed E-state index contributed by atoms with van der Waals surface area (Å²) >= 11 is 0. The van der Waals surface area contributed by atoms with Crippen LogP contribution in [0.15, 0.2) is 18.3 Å². The van der Waals surface area contributed by atoms with Gasteiger partial charge < -0.3 is 10.1 Å². The second-order valence-electron chi connectivity index (χ2n) is 3.17. The Morgan fingerprint density at radius 2 is 2.19 bits per heavy atom. The second-order valence-corrected chi connectivity index (χ2v) is 3.17. The van der Waals surface area contributed by atoms with E-state index >= 15 is 0 Å². The zero-order valence-electron chi connectivity index (χ0n) is 8.84. The van der Waals surface area contributed by atoms with Gasteiger partial charge in [0, 0.05) is 18.8 Å². The minimum absolute atomic E-state index is 0.181. The minimum Gasteiger partial charge on any atom is -0.484 e. The van der Waals surface area contributed by atoms with Gasteiger partial charge in [-0.3, -0.25) is 4.98 Å². The minimum atomic E-state index is -4.31. The smallest absolute Gasteiger partial charge is 0.422 e. The highest BCUT2D eigenvalue weighted by atomic mass is 19.4. The third-order valence-electron chi connectivity index (χ3n) is 1.75. The molecule has 0 unspecified atom stereocenters. The summed E-state index contributed by atoms with van der Waals surface area (Å²) in [4.78, 5) is 4.00. The molecular weight excluding hydrogens is 221 g/mol. The molecule has 1 N–H and O–H groups in total. The molecule has 0 radical (unpaired) electrons. The van der Waals surface area contributed by atoms with Crippen molar-refractivity contribution in [3.63, 3.8) is 0 Å². The first kappa shape index (κ1) is 12.8. The lowest BCUT2D eigenvalue weighted by Crippen LogP contribution is -2.19. The molecule has 0 bridgehead atoms. The molecule has 0 atom stereocenters. The fourth-order valence-corrected chi connectivity index (χ4v) is 1.06. The van der Waals surface area contributed by atoms with E-state index in [2.05, 4.69) is 15.0 Å². The fourth-order valence-electron chi connectivity index (χ4n) is 1.06. The number of alkyl halides is 3. The highest BCUT2D eigenvalue weighted by Crippen LogP contribution is 2.18. The molecule has 1 aromatic heterocycles. The molecule has 90 valence electrons. The summed E-state index contributed by atoms with van der Waals surface area (Å²) in [7, 11) is 0. The maximum absolute atomic E-state index is 11.9. The van der Waals surface area contributed by atoms with E-state index in [9.17, 15) is 13.2 Å². The summed E-state index contributed by atoms with van der Waals surface area (Å²) in [6, 6.07) is 2.90. The molecule has 0 saturated heterocycles. The molecule has 16 heavy (non-hydrogen) atoms. The highest BCUT2D eigenvalue weighted by Gasteiger charge is 2.28. The summed E-state index contributed by atoms with van der Waals surface area (Å²) in [6.07, 6.45) is -2.89. The van der Waals surface area contributed by atoms with Crippen LogP contribution in [0.4, 0.5) is 13.2 Å². The van der Waals surface area contributed by atoms with Gasteiger partial charge in [-0.1, -0.05) is 6.92 Å². The molecule has 1 aromatic rings. The van der Waals surface area contributed by atoms with Crippen LogP contribution in [0.3, 0.4) is 0 Å². The Bertz CT molecular complexity index is 328. The van der Waals surface area contributed by atoms with Crippen LogP contribution < -0.4 is 10.1 Å². The number of hydrogen-bond acceptors (Lipinski definition) is 3. The van der Waals surface area contributed by atoms with E-state index in [0.717, 1.165) is 6.54 Å². The Labute approximate surface area is 91.6 Å². The maximum atomic E-state index is 11.9. The summed E-state index contributed by atoms with van der Waals surface area (Å²) in [5.74, 6) is 0.181. The maximum Gasteiger partial charge on any atom is 0.422 e. The zero-order valence-corrected chi connectivity index (χ0v) is 8.84. The SMILES string of the molecule is CCNCc1cc(OCC(F)(F)F)ccn1. The summed E-state index contributed by atoms with van der Waals surface area (Å²) < 4.78 is 40.3. The van der Waals surface area contributed by atoms with E-state index in [0.29, 0.717) is 12.2 Å². The lowest BCUT2D eigenvalue weighted by atomic mass is 10.3. The molecule has 6 heteroatoms. The molecule has 1 rings (SSSR count). The monoisotopic (exact) mass is 234 g/mol. The van der Waals surface area contributed by atoms with Crippen LogP contribution in [0.5, 0.6) is 5.75 Å². The van der Waals surface area contributed by atoms with Gasteiger partial charge in [0.25, 0.3) is 0 Å². The second kappa shape index (κ2) is 5.69. The van der Waals surface area contributed by atoms with Crippen molar-refractivity contribution in [1.82, 2.24) is 10.3 Å². The molecule has 1 heterocycles. The molecule has 0 saturated carbocycles. The molecule has 0 spiro atoms. The zero-order chi connectivity index (χ0) is 12.0. The number of pyridine rings is 1. The first-order chi connectivity index (χ1) is 7.51. The van der Waals surface area contributed by atoms with Crippen molar-refractivity contribution in [2.75, 3.05) is 13.2 Å². The number of nitrogens with one attached hydrogen (secondary N) is 1. The van der Waals surface area contributed by atoms with Crippen LogP contribution in [-0.2, 0) is 6.54 Å². The third-order valence-corrected chi connectivity index (χ3v) is 1.75. The van der Waals surface area contributed by atoms with Crippen molar-refractivity contribution in [1.29, 1.82) is 0 Å². The predicted molar refractivity (Wildman–Crippen MR) is 53.2 cm³/mol. The lowest BCUT2D eigenvalue weighted by molar-refractivity contribution is -0.153. The average Bonchev–Trinajstić information content (AvgIpc) is 2.23. The van der Waals surface area contributed by atoms with Gasteiger partial charge in [0.05, 0.1) is 5.69 Å². The van der Waals surface area contributed by atoms with Crippen molar-refractivity contribution in [3.05, 3.63) is 24.0 Å². The van der Waals surface area contributed by atoms with Crippen LogP contribution in [0.1, 0.15) is 12.6 Å². The molecule has 0 fully saturated rings. The summed E-state index contributed by atoms with van der Waals surface area (Å²) in [6.45, 7) is 1.94. The van der Waals surface area contributed by atoms with Gasteiger partial charge in [-0.15, -0.1) is 0 Å². The van der Waals surface area contributed by atoms with Crippen molar-refractivity contribution >= 4 is 0 Å². The predicted octanol–water partition coefficient (Wildman–Crippen LogP) is 2.13. The average molecular weight is 234 g/mol. The first-order valence-corrected chi connectivity index (χ1v) is 4.86. The lowest BCUT2D eigenvalue weighted by Gasteiger charge is -2.09. The van der Waals surface area contributed by atoms with Gasteiger partial charge in [0.2, 0.25) is 0 Å². The number of hydrogen-bond donors (Lipinski definition) is 1. The fraction of sp³-hybridized carbons (Fsp3) is 0.500. The van der Waals surface area contributed by atoms with Crippen molar-refractivity contribution < 1.29 is 17.9 Å². The highest BCUT2D eigenvalue weighted by molar-refractivity contribution is 5.22. The van der Waals surface area contributed by atoms with Gasteiger partial charge in [-0.05, 0) is 12.6 Å². The van der Waals surface area contributed by atoms with Crippen molar-refractivity contribution in [3.8, 4) is 5.75 Å². The Morgan fingerprint density at radius 3 is 2.81 bits per heavy atom. The number of ether oxygens (including phenoxy) is 1. The molecule has 0 amide bonds. The summed E-state index contributed by atoms with van der Waals surface area (Å²) in [5.41, 5.74) is 0.654. The standard InChI is InChI=1S/C10H13F3N2O/c1-2-14-6-8-5-9(3-4-15-8)16-7-10(11,12)13/h3-5,14H,2,6-7H2,1H3. The van der Waals surface area contributed by atoms with Gasteiger partial charge >= 0.3 is 6.18 Å². The first-order valence-electron chi connectivity index (χ1n) is 4.86. The van der Waals surface area contributed by atoms with E-state index in [4.69, 9.17) is 0 Å². The Morgan fingerprint density at radius 1 is 1.44 bits per heavy atom. The largest absolute Gasteiger partial charge is 0.484 e. The van der Waals surface area contributed by atoms with Gasteiger partial charge in [-0.25, -0.2) is 0 Å². The molecular formula is C10H13F3N2O. The van der Waals surface area contributed by atoms with Gasteiger partial charge in [0.1, 0.15) is 5.75 Å². The Hall–Kier alpha value is -1.30. The van der Waals surface area contributed by atoms with E-state index in [1.807, 2.05) is 6.92 Å².